The van der Waals surface area contributed by atoms with Gasteiger partial charge in [0.2, 0.25) is 0 Å². The topological polar surface area (TPSA) is 49.3 Å². The number of hydrogen-bond donors (Lipinski definition) is 2. The molecule has 0 saturated heterocycles. The number of aliphatic imine (C=N–C) groups is 1. The van der Waals surface area contributed by atoms with Gasteiger partial charge in [0.05, 0.1) is 6.54 Å². The molecule has 0 bridgehead atoms. The molecular weight excluding hydrogens is 320 g/mol. The number of aromatic nitrogens is 1. The molecule has 2 aromatic rings. The third-order valence-electron chi connectivity index (χ3n) is 3.54. The maximum atomic E-state index is 5.80. The van der Waals surface area contributed by atoms with Gasteiger partial charge in [-0.05, 0) is 44.4 Å². The van der Waals surface area contributed by atoms with Gasteiger partial charge in [-0.25, -0.2) is 9.98 Å². The second-order valence-electron chi connectivity index (χ2n) is 5.86. The molecule has 5 heteroatoms. The lowest BCUT2D eigenvalue weighted by Crippen LogP contribution is -2.38. The molecule has 1 aromatic carbocycles. The Labute approximate surface area is 149 Å². The molecule has 1 aromatic heterocycles. The van der Waals surface area contributed by atoms with E-state index in [1.807, 2.05) is 6.07 Å². The molecule has 2 N–H and O–H groups in total. The first-order valence-corrected chi connectivity index (χ1v) is 8.64. The Balaban J connectivity index is 1.90. The first kappa shape index (κ1) is 18.3. The summed E-state index contributed by atoms with van der Waals surface area (Å²) in [6, 6.07) is 10.4. The van der Waals surface area contributed by atoms with E-state index in [4.69, 9.17) is 11.6 Å². The van der Waals surface area contributed by atoms with E-state index >= 15 is 0 Å². The van der Waals surface area contributed by atoms with E-state index in [0.29, 0.717) is 11.7 Å². The van der Waals surface area contributed by atoms with Gasteiger partial charge in [0.25, 0.3) is 0 Å². The number of guanidine groups is 1. The molecule has 0 saturated carbocycles. The Kier molecular flexibility index (Phi) is 7.07. The van der Waals surface area contributed by atoms with Crippen LogP contribution < -0.4 is 10.6 Å². The summed E-state index contributed by atoms with van der Waals surface area (Å²) in [7, 11) is 0. The maximum Gasteiger partial charge on any atom is 0.191 e. The van der Waals surface area contributed by atoms with Crippen molar-refractivity contribution in [3.05, 3.63) is 63.9 Å². The lowest BCUT2D eigenvalue weighted by atomic mass is 10.1. The summed E-state index contributed by atoms with van der Waals surface area (Å²) in [5, 5.41) is 7.15. The first-order valence-electron chi connectivity index (χ1n) is 8.26. The molecule has 4 nitrogen and oxygen atoms in total. The Morgan fingerprint density at radius 2 is 1.83 bits per heavy atom. The van der Waals surface area contributed by atoms with Crippen molar-refractivity contribution in [2.45, 2.75) is 33.7 Å². The number of hydrogen-bond acceptors (Lipinski definition) is 2. The largest absolute Gasteiger partial charge is 0.357 e. The van der Waals surface area contributed by atoms with E-state index in [0.717, 1.165) is 31.0 Å². The minimum absolute atomic E-state index is 0.501. The van der Waals surface area contributed by atoms with Crippen LogP contribution in [0.4, 0.5) is 0 Å². The number of pyridine rings is 1. The highest BCUT2D eigenvalue weighted by Gasteiger charge is 2.00. The first-order chi connectivity index (χ1) is 11.6. The minimum Gasteiger partial charge on any atom is -0.357 e. The van der Waals surface area contributed by atoms with Gasteiger partial charge < -0.3 is 10.6 Å². The second kappa shape index (κ2) is 9.28. The van der Waals surface area contributed by atoms with Crippen LogP contribution in [0.25, 0.3) is 0 Å². The van der Waals surface area contributed by atoms with Crippen molar-refractivity contribution in [1.29, 1.82) is 0 Å². The van der Waals surface area contributed by atoms with Crippen molar-refractivity contribution in [3.8, 4) is 0 Å². The zero-order chi connectivity index (χ0) is 17.4. The Bertz CT molecular complexity index is 660. The van der Waals surface area contributed by atoms with Crippen molar-refractivity contribution in [2.24, 2.45) is 4.99 Å². The third-order valence-corrected chi connectivity index (χ3v) is 3.76. The molecule has 2 rings (SSSR count). The quantitative estimate of drug-likeness (QED) is 0.478. The predicted octanol–water partition coefficient (Wildman–Crippen LogP) is 3.65. The lowest BCUT2D eigenvalue weighted by Gasteiger charge is -2.12. The normalized spacial score (nSPS) is 11.4. The molecule has 24 heavy (non-hydrogen) atoms. The number of nitrogens with one attached hydrogen (secondary N) is 2. The average Bonchev–Trinajstić information content (AvgIpc) is 2.53. The van der Waals surface area contributed by atoms with Crippen LogP contribution in [0.1, 0.15) is 29.2 Å². The summed E-state index contributed by atoms with van der Waals surface area (Å²) in [6.45, 7) is 8.57. The fourth-order valence-electron chi connectivity index (χ4n) is 2.55. The number of benzene rings is 1. The summed E-state index contributed by atoms with van der Waals surface area (Å²) < 4.78 is 0. The minimum atomic E-state index is 0.501. The SMILES string of the molecule is CCNC(=NCc1ccc(Cl)nc1)NCCc1cc(C)cc(C)c1. The molecule has 0 aliphatic heterocycles. The highest BCUT2D eigenvalue weighted by atomic mass is 35.5. The van der Waals surface area contributed by atoms with Crippen LogP contribution in [0.3, 0.4) is 0 Å². The molecule has 0 radical (unpaired) electrons. The molecular formula is C19H25ClN4. The molecule has 1 heterocycles. The van der Waals surface area contributed by atoms with Crippen LogP contribution in [-0.4, -0.2) is 24.0 Å². The summed E-state index contributed by atoms with van der Waals surface area (Å²) in [5.41, 5.74) is 4.99. The van der Waals surface area contributed by atoms with Crippen molar-refractivity contribution >= 4 is 17.6 Å². The Morgan fingerprint density at radius 1 is 1.08 bits per heavy atom. The number of nitrogens with zero attached hydrogens (tertiary/aromatic N) is 2. The molecule has 128 valence electrons. The predicted molar refractivity (Wildman–Crippen MR) is 102 cm³/mol. The monoisotopic (exact) mass is 344 g/mol. The van der Waals surface area contributed by atoms with E-state index in [1.54, 1.807) is 12.3 Å². The van der Waals surface area contributed by atoms with E-state index in [9.17, 15) is 0 Å². The fraction of sp³-hybridized carbons (Fsp3) is 0.368. The van der Waals surface area contributed by atoms with Crippen LogP contribution >= 0.6 is 11.6 Å². The number of rotatable bonds is 6. The van der Waals surface area contributed by atoms with Gasteiger partial charge in [-0.15, -0.1) is 0 Å². The Hall–Kier alpha value is -2.07. The molecule has 0 unspecified atom stereocenters. The highest BCUT2D eigenvalue weighted by Crippen LogP contribution is 2.09. The summed E-state index contributed by atoms with van der Waals surface area (Å²) in [4.78, 5) is 8.67. The van der Waals surface area contributed by atoms with Crippen LogP contribution in [0, 0.1) is 13.8 Å². The summed E-state index contributed by atoms with van der Waals surface area (Å²) in [5.74, 6) is 0.817. The van der Waals surface area contributed by atoms with Crippen molar-refractivity contribution in [2.75, 3.05) is 13.1 Å². The van der Waals surface area contributed by atoms with Crippen molar-refractivity contribution in [1.82, 2.24) is 15.6 Å². The zero-order valence-corrected chi connectivity index (χ0v) is 15.3. The van der Waals surface area contributed by atoms with E-state index in [1.165, 1.54) is 16.7 Å². The van der Waals surface area contributed by atoms with E-state index in [-0.39, 0.29) is 0 Å². The summed E-state index contributed by atoms with van der Waals surface area (Å²) >= 11 is 5.80. The fourth-order valence-corrected chi connectivity index (χ4v) is 2.66. The van der Waals surface area contributed by atoms with E-state index in [2.05, 4.69) is 59.6 Å². The van der Waals surface area contributed by atoms with Gasteiger partial charge >= 0.3 is 0 Å². The zero-order valence-electron chi connectivity index (χ0n) is 14.6. The van der Waals surface area contributed by atoms with Gasteiger partial charge in [0.1, 0.15) is 5.15 Å². The number of aryl methyl sites for hydroxylation is 2. The van der Waals surface area contributed by atoms with Crippen LogP contribution in [0.15, 0.2) is 41.5 Å². The van der Waals surface area contributed by atoms with Gasteiger partial charge in [-0.2, -0.15) is 0 Å². The highest BCUT2D eigenvalue weighted by molar-refractivity contribution is 6.29. The van der Waals surface area contributed by atoms with Gasteiger partial charge in [-0.3, -0.25) is 0 Å². The van der Waals surface area contributed by atoms with Crippen LogP contribution in [0.5, 0.6) is 0 Å². The lowest BCUT2D eigenvalue weighted by molar-refractivity contribution is 0.798. The van der Waals surface area contributed by atoms with Crippen LogP contribution in [0.2, 0.25) is 5.15 Å². The van der Waals surface area contributed by atoms with E-state index < -0.39 is 0 Å². The Morgan fingerprint density at radius 3 is 2.46 bits per heavy atom. The average molecular weight is 345 g/mol. The van der Waals surface area contributed by atoms with Crippen molar-refractivity contribution in [3.63, 3.8) is 0 Å². The standard InChI is InChI=1S/C19H25ClN4/c1-4-21-19(24-13-17-5-6-18(20)23-12-17)22-8-7-16-10-14(2)9-15(3)11-16/h5-6,9-12H,4,7-8,13H2,1-3H3,(H2,21,22,24). The molecule has 0 atom stereocenters. The second-order valence-corrected chi connectivity index (χ2v) is 6.24. The molecule has 0 aliphatic rings. The summed E-state index contributed by atoms with van der Waals surface area (Å²) in [6.07, 6.45) is 2.72. The third kappa shape index (κ3) is 6.20. The van der Waals surface area contributed by atoms with Crippen molar-refractivity contribution < 1.29 is 0 Å². The van der Waals surface area contributed by atoms with Gasteiger partial charge in [0.15, 0.2) is 5.96 Å². The van der Waals surface area contributed by atoms with Crippen LogP contribution in [-0.2, 0) is 13.0 Å². The molecule has 0 fully saturated rings. The maximum absolute atomic E-state index is 5.80. The molecule has 0 aliphatic carbocycles. The number of halogens is 1. The smallest absolute Gasteiger partial charge is 0.191 e. The van der Waals surface area contributed by atoms with Gasteiger partial charge in [0, 0.05) is 19.3 Å². The molecule has 0 spiro atoms. The molecule has 0 amide bonds. The van der Waals surface area contributed by atoms with Gasteiger partial charge in [-0.1, -0.05) is 47.0 Å².